The van der Waals surface area contributed by atoms with E-state index in [1.807, 2.05) is 0 Å². The molecule has 0 aromatic heterocycles. The molecule has 0 aliphatic carbocycles. The summed E-state index contributed by atoms with van der Waals surface area (Å²) in [5.74, 6) is -0.157. The summed E-state index contributed by atoms with van der Waals surface area (Å²) in [5.41, 5.74) is 0. The lowest BCUT2D eigenvalue weighted by Gasteiger charge is -2.40. The minimum atomic E-state index is -1.55. The summed E-state index contributed by atoms with van der Waals surface area (Å²) in [5, 5.41) is 53.9. The highest BCUT2D eigenvalue weighted by atomic mass is 16.7. The third-order valence-corrected chi connectivity index (χ3v) is 11.5. The third-order valence-electron chi connectivity index (χ3n) is 11.5. The summed E-state index contributed by atoms with van der Waals surface area (Å²) >= 11 is 0. The second-order valence-electron chi connectivity index (χ2n) is 17.2. The standard InChI is InChI=1S/C54H93NO8/c1-3-5-7-9-10-11-12-13-14-15-16-17-18-19-20-21-22-23-24-25-26-27-28-29-30-31-32-33-34-35-36-37-38-40-42-44-50(58)55-47(48(57)43-41-39-8-6-4-2)46-62-54-53(61)52(60)51(59)49(45-56)63-54/h5,7,10-11,13-14,16-17,19-20,22-23,25-26,47-49,51-54,56-57,59-61H,3-4,6,8-9,12,15,18,21,24,27-46H2,1-2H3,(H,55,58)/b7-5-,11-10-,14-13-,17-16-,20-19-,23-22-,26-25-. The molecule has 0 spiro atoms. The van der Waals surface area contributed by atoms with Crippen molar-refractivity contribution in [1.29, 1.82) is 0 Å². The number of amides is 1. The van der Waals surface area contributed by atoms with Crippen molar-refractivity contribution in [2.75, 3.05) is 13.2 Å². The van der Waals surface area contributed by atoms with Gasteiger partial charge in [0.15, 0.2) is 6.29 Å². The number of carbonyl (C=O) groups excluding carboxylic acids is 1. The van der Waals surface area contributed by atoms with Crippen LogP contribution in [-0.4, -0.2) is 87.5 Å². The molecule has 1 aliphatic rings. The topological polar surface area (TPSA) is 149 Å². The molecule has 1 saturated heterocycles. The molecule has 1 rings (SSSR count). The molecule has 362 valence electrons. The minimum absolute atomic E-state index is 0.144. The molecule has 0 aromatic rings. The fourth-order valence-electron chi connectivity index (χ4n) is 7.49. The maximum atomic E-state index is 12.9. The second-order valence-corrected chi connectivity index (χ2v) is 17.2. The smallest absolute Gasteiger partial charge is 0.220 e. The number of nitrogens with one attached hydrogen (secondary N) is 1. The van der Waals surface area contributed by atoms with Crippen molar-refractivity contribution in [3.05, 3.63) is 85.1 Å². The van der Waals surface area contributed by atoms with Gasteiger partial charge in [-0.2, -0.15) is 0 Å². The maximum Gasteiger partial charge on any atom is 0.220 e. The van der Waals surface area contributed by atoms with Crippen LogP contribution in [0.3, 0.4) is 0 Å². The largest absolute Gasteiger partial charge is 0.394 e. The van der Waals surface area contributed by atoms with Gasteiger partial charge >= 0.3 is 0 Å². The molecule has 9 nitrogen and oxygen atoms in total. The van der Waals surface area contributed by atoms with Gasteiger partial charge in [-0.25, -0.2) is 0 Å². The van der Waals surface area contributed by atoms with Gasteiger partial charge in [-0.15, -0.1) is 0 Å². The first-order chi connectivity index (χ1) is 30.8. The maximum absolute atomic E-state index is 12.9. The van der Waals surface area contributed by atoms with E-state index in [-0.39, 0.29) is 12.5 Å². The zero-order valence-electron chi connectivity index (χ0n) is 39.8. The quantitative estimate of drug-likeness (QED) is 0.0263. The van der Waals surface area contributed by atoms with Crippen LogP contribution in [0, 0.1) is 0 Å². The van der Waals surface area contributed by atoms with Crippen LogP contribution in [0.1, 0.15) is 194 Å². The average Bonchev–Trinajstić information content (AvgIpc) is 3.28. The molecule has 9 heteroatoms. The lowest BCUT2D eigenvalue weighted by molar-refractivity contribution is -0.302. The number of unbranched alkanes of at least 4 members (excludes halogenated alkanes) is 17. The van der Waals surface area contributed by atoms with Crippen LogP contribution in [0.2, 0.25) is 0 Å². The van der Waals surface area contributed by atoms with Gasteiger partial charge in [0.1, 0.15) is 24.4 Å². The highest BCUT2D eigenvalue weighted by molar-refractivity contribution is 5.76. The van der Waals surface area contributed by atoms with E-state index >= 15 is 0 Å². The third kappa shape index (κ3) is 33.5. The van der Waals surface area contributed by atoms with Crippen LogP contribution in [-0.2, 0) is 14.3 Å². The van der Waals surface area contributed by atoms with Gasteiger partial charge in [0.2, 0.25) is 5.91 Å². The second kappa shape index (κ2) is 43.3. The molecule has 1 aliphatic heterocycles. The van der Waals surface area contributed by atoms with Gasteiger partial charge in [0, 0.05) is 6.42 Å². The summed E-state index contributed by atoms with van der Waals surface area (Å²) in [6.07, 6.45) is 53.8. The first-order valence-corrected chi connectivity index (χ1v) is 25.3. The molecule has 0 saturated carbocycles. The Morgan fingerprint density at radius 1 is 0.556 bits per heavy atom. The van der Waals surface area contributed by atoms with Gasteiger partial charge in [0.25, 0.3) is 0 Å². The average molecular weight is 884 g/mol. The Morgan fingerprint density at radius 2 is 0.984 bits per heavy atom. The van der Waals surface area contributed by atoms with E-state index in [9.17, 15) is 30.3 Å². The molecule has 1 fully saturated rings. The van der Waals surface area contributed by atoms with Crippen LogP contribution in [0.4, 0.5) is 0 Å². The molecule has 0 radical (unpaired) electrons. The number of ether oxygens (including phenoxy) is 2. The zero-order valence-corrected chi connectivity index (χ0v) is 39.8. The summed E-state index contributed by atoms with van der Waals surface area (Å²) in [6.45, 7) is 3.61. The number of rotatable bonds is 41. The van der Waals surface area contributed by atoms with Crippen molar-refractivity contribution >= 4 is 5.91 Å². The summed E-state index contributed by atoms with van der Waals surface area (Å²) in [6, 6.07) is -0.719. The first kappa shape index (κ1) is 58.4. The SMILES string of the molecule is CC/C=C\C/C=C\C/C=C\C/C=C\C/C=C\C/C=C\C/C=C\CCCCCCCCCCCCCCCC(=O)NC(COC1OC(CO)C(O)C(O)C1O)C(O)CCCCCCC. The summed E-state index contributed by atoms with van der Waals surface area (Å²) in [4.78, 5) is 12.9. The monoisotopic (exact) mass is 884 g/mol. The van der Waals surface area contributed by atoms with Gasteiger partial charge in [-0.05, 0) is 70.6 Å². The molecule has 0 aromatic carbocycles. The Kier molecular flexibility index (Phi) is 40.1. The highest BCUT2D eigenvalue weighted by Gasteiger charge is 2.44. The molecule has 63 heavy (non-hydrogen) atoms. The lowest BCUT2D eigenvalue weighted by Crippen LogP contribution is -2.60. The van der Waals surface area contributed by atoms with Gasteiger partial charge in [-0.3, -0.25) is 4.79 Å². The zero-order chi connectivity index (χ0) is 45.9. The molecular weight excluding hydrogens is 791 g/mol. The summed E-state index contributed by atoms with van der Waals surface area (Å²) < 4.78 is 11.2. The molecule has 7 atom stereocenters. The van der Waals surface area contributed by atoms with Crippen molar-refractivity contribution in [1.82, 2.24) is 5.32 Å². The minimum Gasteiger partial charge on any atom is -0.394 e. The van der Waals surface area contributed by atoms with E-state index in [1.165, 1.54) is 70.6 Å². The summed E-state index contributed by atoms with van der Waals surface area (Å²) in [7, 11) is 0. The first-order valence-electron chi connectivity index (χ1n) is 25.3. The Bertz CT molecular complexity index is 1260. The van der Waals surface area contributed by atoms with Gasteiger partial charge < -0.3 is 40.3 Å². The van der Waals surface area contributed by atoms with E-state index in [0.29, 0.717) is 12.8 Å². The Labute approximate surface area is 384 Å². The van der Waals surface area contributed by atoms with Crippen molar-refractivity contribution < 1.29 is 39.8 Å². The predicted molar refractivity (Wildman–Crippen MR) is 262 cm³/mol. The van der Waals surface area contributed by atoms with Gasteiger partial charge in [0.05, 0.1) is 25.4 Å². The predicted octanol–water partition coefficient (Wildman–Crippen LogP) is 11.5. The van der Waals surface area contributed by atoms with E-state index in [0.717, 1.165) is 96.3 Å². The number of aliphatic hydroxyl groups excluding tert-OH is 5. The van der Waals surface area contributed by atoms with Crippen LogP contribution < -0.4 is 5.32 Å². The number of hydrogen-bond acceptors (Lipinski definition) is 8. The molecule has 6 N–H and O–H groups in total. The number of carbonyl (C=O) groups is 1. The fraction of sp³-hybridized carbons (Fsp3) is 0.722. The molecule has 1 amide bonds. The molecule has 7 unspecified atom stereocenters. The van der Waals surface area contributed by atoms with Crippen molar-refractivity contribution in [2.24, 2.45) is 0 Å². The lowest BCUT2D eigenvalue weighted by atomic mass is 9.99. The number of aliphatic hydroxyl groups is 5. The van der Waals surface area contributed by atoms with Gasteiger partial charge in [-0.1, -0.05) is 202 Å². The van der Waals surface area contributed by atoms with E-state index < -0.39 is 49.5 Å². The molecule has 0 bridgehead atoms. The van der Waals surface area contributed by atoms with Crippen molar-refractivity contribution in [3.63, 3.8) is 0 Å². The fourth-order valence-corrected chi connectivity index (χ4v) is 7.49. The Balaban J connectivity index is 2.05. The van der Waals surface area contributed by atoms with E-state index in [1.54, 1.807) is 0 Å². The number of allylic oxidation sites excluding steroid dienone is 14. The number of hydrogen-bond donors (Lipinski definition) is 6. The van der Waals surface area contributed by atoms with Crippen molar-refractivity contribution in [3.8, 4) is 0 Å². The highest BCUT2D eigenvalue weighted by Crippen LogP contribution is 2.23. The van der Waals surface area contributed by atoms with Crippen LogP contribution >= 0.6 is 0 Å². The van der Waals surface area contributed by atoms with Crippen LogP contribution in [0.25, 0.3) is 0 Å². The van der Waals surface area contributed by atoms with Crippen LogP contribution in [0.15, 0.2) is 85.1 Å². The normalized spacial score (nSPS) is 20.9. The van der Waals surface area contributed by atoms with Crippen molar-refractivity contribution in [2.45, 2.75) is 236 Å². The molecule has 1 heterocycles. The van der Waals surface area contributed by atoms with Crippen LogP contribution in [0.5, 0.6) is 0 Å². The molecular formula is C54H93NO8. The Hall–Kier alpha value is -2.63. The van der Waals surface area contributed by atoms with E-state index in [4.69, 9.17) is 9.47 Å². The Morgan fingerprint density at radius 3 is 1.46 bits per heavy atom. The van der Waals surface area contributed by atoms with E-state index in [2.05, 4.69) is 104 Å².